The number of hydrogen-bond donors (Lipinski definition) is 4. The van der Waals surface area contributed by atoms with Crippen molar-refractivity contribution >= 4 is 22.9 Å². The zero-order chi connectivity index (χ0) is 12.6. The van der Waals surface area contributed by atoms with Crippen molar-refractivity contribution < 1.29 is 9.90 Å². The molecule has 0 radical (unpaired) electrons. The van der Waals surface area contributed by atoms with Gasteiger partial charge in [-0.2, -0.15) is 0 Å². The van der Waals surface area contributed by atoms with Gasteiger partial charge in [0.1, 0.15) is 6.04 Å². The van der Waals surface area contributed by atoms with Gasteiger partial charge in [-0.1, -0.05) is 25.6 Å². The van der Waals surface area contributed by atoms with E-state index in [1.807, 2.05) is 0 Å². The molecule has 0 amide bonds. The molecule has 0 aromatic heterocycles. The highest BCUT2D eigenvalue weighted by molar-refractivity contribution is 8.13. The Labute approximate surface area is 101 Å². The van der Waals surface area contributed by atoms with Crippen LogP contribution in [0.5, 0.6) is 0 Å². The number of hydrogen-bond acceptors (Lipinski definition) is 4. The van der Waals surface area contributed by atoms with E-state index in [4.69, 9.17) is 16.2 Å². The van der Waals surface area contributed by atoms with Crippen LogP contribution in [-0.2, 0) is 4.79 Å². The molecule has 0 bridgehead atoms. The smallest absolute Gasteiger partial charge is 0.326 e. The number of carbonyl (C=O) groups is 1. The molecule has 0 unspecified atom stereocenters. The fourth-order valence-electron chi connectivity index (χ4n) is 1.03. The second-order valence-electron chi connectivity index (χ2n) is 4.00. The van der Waals surface area contributed by atoms with Crippen LogP contribution >= 0.6 is 11.8 Å². The van der Waals surface area contributed by atoms with Gasteiger partial charge in [0.2, 0.25) is 0 Å². The number of nitrogens with one attached hydrogen (secondary N) is 2. The van der Waals surface area contributed by atoms with E-state index in [0.29, 0.717) is 25.3 Å². The normalized spacial score (nSPS) is 12.5. The summed E-state index contributed by atoms with van der Waals surface area (Å²) < 4.78 is 0. The Morgan fingerprint density at radius 1 is 1.56 bits per heavy atom. The Morgan fingerprint density at radius 2 is 2.19 bits per heavy atom. The maximum absolute atomic E-state index is 10.9. The van der Waals surface area contributed by atoms with Gasteiger partial charge in [0, 0.05) is 5.75 Å². The Hall–Kier alpha value is -0.750. The first-order valence-corrected chi connectivity index (χ1v) is 6.36. The summed E-state index contributed by atoms with van der Waals surface area (Å²) >= 11 is 1.34. The molecule has 0 saturated carbocycles. The molecule has 0 aliphatic carbocycles. The van der Waals surface area contributed by atoms with Gasteiger partial charge in [-0.3, -0.25) is 5.41 Å². The number of rotatable bonds is 7. The first-order chi connectivity index (χ1) is 7.47. The SMILES string of the molecule is CC(C)CSC(=N)N[C@@H](CCCN)C(=O)O. The van der Waals surface area contributed by atoms with Crippen LogP contribution in [0.3, 0.4) is 0 Å². The maximum atomic E-state index is 10.9. The molecule has 5 N–H and O–H groups in total. The van der Waals surface area contributed by atoms with Crippen molar-refractivity contribution in [3.8, 4) is 0 Å². The maximum Gasteiger partial charge on any atom is 0.326 e. The molecule has 16 heavy (non-hydrogen) atoms. The molecule has 0 aromatic carbocycles. The van der Waals surface area contributed by atoms with Crippen molar-refractivity contribution in [3.05, 3.63) is 0 Å². The fourth-order valence-corrected chi connectivity index (χ4v) is 1.75. The van der Waals surface area contributed by atoms with Crippen molar-refractivity contribution in [1.29, 1.82) is 5.41 Å². The van der Waals surface area contributed by atoms with Crippen molar-refractivity contribution in [2.24, 2.45) is 11.7 Å². The lowest BCUT2D eigenvalue weighted by atomic mass is 10.1. The number of thioether (sulfide) groups is 1. The molecule has 6 heteroatoms. The third kappa shape index (κ3) is 7.53. The predicted octanol–water partition coefficient (Wildman–Crippen LogP) is 1.09. The molecule has 0 heterocycles. The van der Waals surface area contributed by atoms with E-state index < -0.39 is 12.0 Å². The molecule has 0 fully saturated rings. The van der Waals surface area contributed by atoms with Gasteiger partial charge in [-0.25, -0.2) is 4.79 Å². The molecule has 0 aliphatic rings. The molecule has 94 valence electrons. The summed E-state index contributed by atoms with van der Waals surface area (Å²) in [6.45, 7) is 4.59. The van der Waals surface area contributed by atoms with Crippen molar-refractivity contribution in [2.75, 3.05) is 12.3 Å². The average molecular weight is 247 g/mol. The topological polar surface area (TPSA) is 99.2 Å². The first kappa shape index (κ1) is 15.2. The lowest BCUT2D eigenvalue weighted by Crippen LogP contribution is -2.39. The Balaban J connectivity index is 3.98. The largest absolute Gasteiger partial charge is 0.480 e. The summed E-state index contributed by atoms with van der Waals surface area (Å²) in [6, 6.07) is -0.698. The third-order valence-electron chi connectivity index (χ3n) is 1.86. The Bertz CT molecular complexity index is 234. The van der Waals surface area contributed by atoms with Crippen LogP contribution in [0.1, 0.15) is 26.7 Å². The van der Waals surface area contributed by atoms with Crippen LogP contribution in [-0.4, -0.2) is 34.6 Å². The van der Waals surface area contributed by atoms with Crippen LogP contribution in [0, 0.1) is 11.3 Å². The minimum atomic E-state index is -0.927. The highest BCUT2D eigenvalue weighted by Crippen LogP contribution is 2.08. The van der Waals surface area contributed by atoms with Gasteiger partial charge in [-0.15, -0.1) is 0 Å². The van der Waals surface area contributed by atoms with Gasteiger partial charge in [0.15, 0.2) is 5.17 Å². The molecule has 0 rings (SSSR count). The number of carboxylic acid groups (broad SMARTS) is 1. The minimum Gasteiger partial charge on any atom is -0.480 e. The van der Waals surface area contributed by atoms with Crippen LogP contribution < -0.4 is 11.1 Å². The number of nitrogens with two attached hydrogens (primary N) is 1. The van der Waals surface area contributed by atoms with Crippen LogP contribution in [0.25, 0.3) is 0 Å². The Kier molecular flexibility index (Phi) is 8.01. The molecule has 5 nitrogen and oxygen atoms in total. The summed E-state index contributed by atoms with van der Waals surface area (Å²) in [6.07, 6.45) is 1.10. The van der Waals surface area contributed by atoms with E-state index in [-0.39, 0.29) is 5.17 Å². The molecular weight excluding hydrogens is 226 g/mol. The number of aliphatic carboxylic acids is 1. The van der Waals surface area contributed by atoms with E-state index >= 15 is 0 Å². The summed E-state index contributed by atoms with van der Waals surface area (Å²) in [5.41, 5.74) is 5.33. The van der Waals surface area contributed by atoms with E-state index in [9.17, 15) is 4.79 Å². The van der Waals surface area contributed by atoms with Crippen LogP contribution in [0.15, 0.2) is 0 Å². The fraction of sp³-hybridized carbons (Fsp3) is 0.800. The van der Waals surface area contributed by atoms with Gasteiger partial charge >= 0.3 is 5.97 Å². The highest BCUT2D eigenvalue weighted by atomic mass is 32.2. The summed E-state index contributed by atoms with van der Waals surface area (Å²) in [4.78, 5) is 10.9. The molecule has 0 aliphatic heterocycles. The zero-order valence-corrected chi connectivity index (χ0v) is 10.6. The lowest BCUT2D eigenvalue weighted by Gasteiger charge is -2.15. The molecule has 1 atom stereocenters. The summed E-state index contributed by atoms with van der Waals surface area (Å²) in [5, 5.41) is 19.4. The van der Waals surface area contributed by atoms with Gasteiger partial charge in [-0.05, 0) is 25.3 Å². The lowest BCUT2D eigenvalue weighted by molar-refractivity contribution is -0.139. The molecule has 0 aromatic rings. The average Bonchev–Trinajstić information content (AvgIpc) is 2.20. The van der Waals surface area contributed by atoms with Crippen molar-refractivity contribution in [2.45, 2.75) is 32.7 Å². The van der Waals surface area contributed by atoms with Crippen LogP contribution in [0.4, 0.5) is 0 Å². The van der Waals surface area contributed by atoms with Crippen LogP contribution in [0.2, 0.25) is 0 Å². The molecular formula is C10H21N3O2S. The van der Waals surface area contributed by atoms with E-state index in [0.717, 1.165) is 5.75 Å². The van der Waals surface area contributed by atoms with E-state index in [2.05, 4.69) is 19.2 Å². The summed E-state index contributed by atoms with van der Waals surface area (Å²) in [7, 11) is 0. The van der Waals surface area contributed by atoms with Gasteiger partial charge in [0.05, 0.1) is 0 Å². The van der Waals surface area contributed by atoms with Gasteiger partial charge in [0.25, 0.3) is 0 Å². The first-order valence-electron chi connectivity index (χ1n) is 5.38. The predicted molar refractivity (Wildman–Crippen MR) is 67.9 cm³/mol. The van der Waals surface area contributed by atoms with E-state index in [1.54, 1.807) is 0 Å². The number of amidine groups is 1. The highest BCUT2D eigenvalue weighted by Gasteiger charge is 2.17. The zero-order valence-electron chi connectivity index (χ0n) is 9.82. The number of carboxylic acids is 1. The quantitative estimate of drug-likeness (QED) is 0.399. The molecule has 0 spiro atoms. The van der Waals surface area contributed by atoms with Gasteiger partial charge < -0.3 is 16.2 Å². The molecule has 0 saturated heterocycles. The van der Waals surface area contributed by atoms with Crippen molar-refractivity contribution in [3.63, 3.8) is 0 Å². The second kappa shape index (κ2) is 8.41. The standard InChI is InChI=1S/C10H21N3O2S/c1-7(2)6-16-10(12)13-8(9(14)15)4-3-5-11/h7-8H,3-6,11H2,1-2H3,(H2,12,13)(H,14,15)/t8-/m0/s1. The van der Waals surface area contributed by atoms with Crippen molar-refractivity contribution in [1.82, 2.24) is 5.32 Å². The Morgan fingerprint density at radius 3 is 2.62 bits per heavy atom. The monoisotopic (exact) mass is 247 g/mol. The summed E-state index contributed by atoms with van der Waals surface area (Å²) in [5.74, 6) is 0.373. The van der Waals surface area contributed by atoms with E-state index in [1.165, 1.54) is 11.8 Å². The minimum absolute atomic E-state index is 0.220. The second-order valence-corrected chi connectivity index (χ2v) is 5.03. The third-order valence-corrected chi connectivity index (χ3v) is 3.10.